The Kier molecular flexibility index (Phi) is 9.96. The molecule has 1 amide bonds. The van der Waals surface area contributed by atoms with Gasteiger partial charge < -0.3 is 11.1 Å². The van der Waals surface area contributed by atoms with E-state index in [4.69, 9.17) is 5.73 Å². The van der Waals surface area contributed by atoms with Gasteiger partial charge in [0.2, 0.25) is 0 Å². The summed E-state index contributed by atoms with van der Waals surface area (Å²) in [6, 6.07) is 8.69. The van der Waals surface area contributed by atoms with Crippen LogP contribution in [-0.2, 0) is 11.3 Å². The lowest BCUT2D eigenvalue weighted by Crippen LogP contribution is -2.24. The van der Waals surface area contributed by atoms with Crippen molar-refractivity contribution in [3.63, 3.8) is 0 Å². The summed E-state index contributed by atoms with van der Waals surface area (Å²) in [6.07, 6.45) is 17.2. The third-order valence-corrected chi connectivity index (χ3v) is 7.99. The van der Waals surface area contributed by atoms with Crippen molar-refractivity contribution in [3.8, 4) is 0 Å². The van der Waals surface area contributed by atoms with E-state index in [9.17, 15) is 4.79 Å². The van der Waals surface area contributed by atoms with Crippen LogP contribution in [0.15, 0.2) is 105 Å². The monoisotopic (exact) mass is 549 g/mol. The van der Waals surface area contributed by atoms with E-state index >= 15 is 0 Å². The van der Waals surface area contributed by atoms with Gasteiger partial charge in [0, 0.05) is 29.9 Å². The zero-order valence-corrected chi connectivity index (χ0v) is 25.3. The van der Waals surface area contributed by atoms with Gasteiger partial charge in [-0.15, -0.1) is 5.73 Å². The minimum atomic E-state index is -0.444. The number of benzene rings is 1. The fourth-order valence-corrected chi connectivity index (χ4v) is 5.96. The highest BCUT2D eigenvalue weighted by Gasteiger charge is 2.32. The van der Waals surface area contributed by atoms with E-state index in [0.29, 0.717) is 24.5 Å². The molecule has 0 aromatic heterocycles. The summed E-state index contributed by atoms with van der Waals surface area (Å²) in [5.41, 5.74) is 19.1. The van der Waals surface area contributed by atoms with Crippen molar-refractivity contribution in [3.05, 3.63) is 105 Å². The second-order valence-electron chi connectivity index (χ2n) is 11.7. The lowest BCUT2D eigenvalue weighted by atomic mass is 9.88. The van der Waals surface area contributed by atoms with Crippen LogP contribution in [0.1, 0.15) is 72.3 Å². The van der Waals surface area contributed by atoms with Crippen molar-refractivity contribution in [2.24, 2.45) is 22.6 Å². The smallest absolute Gasteiger partial charge is 0.250 e. The van der Waals surface area contributed by atoms with E-state index in [1.54, 1.807) is 6.08 Å². The first-order valence-electron chi connectivity index (χ1n) is 14.9. The highest BCUT2D eigenvalue weighted by molar-refractivity contribution is 5.96. The average Bonchev–Trinajstić information content (AvgIpc) is 3.14. The van der Waals surface area contributed by atoms with Gasteiger partial charge in [0.05, 0.1) is 17.2 Å². The van der Waals surface area contributed by atoms with Crippen LogP contribution in [-0.4, -0.2) is 29.5 Å². The molecule has 1 aromatic carbocycles. The molecule has 5 heteroatoms. The maximum absolute atomic E-state index is 12.0. The fourth-order valence-electron chi connectivity index (χ4n) is 5.96. The number of hydrogen-bond acceptors (Lipinski definition) is 3. The summed E-state index contributed by atoms with van der Waals surface area (Å²) < 4.78 is 2.03. The number of anilines is 1. The zero-order valence-electron chi connectivity index (χ0n) is 25.3. The Bertz CT molecular complexity index is 1460. The van der Waals surface area contributed by atoms with Gasteiger partial charge >= 0.3 is 0 Å². The molecular weight excluding hydrogens is 504 g/mol. The predicted octanol–water partition coefficient (Wildman–Crippen LogP) is 7.56. The Labute approximate surface area is 246 Å². The van der Waals surface area contributed by atoms with Crippen LogP contribution in [0, 0.1) is 11.8 Å². The van der Waals surface area contributed by atoms with Gasteiger partial charge in [0.15, 0.2) is 12.2 Å². The maximum Gasteiger partial charge on any atom is 0.250 e. The largest absolute Gasteiger partial charge is 0.379 e. The number of carbonyl (C=O) groups excluding carboxylic acids is 1. The molecule has 0 saturated heterocycles. The Morgan fingerprint density at radius 2 is 2.07 bits per heavy atom. The van der Waals surface area contributed by atoms with Gasteiger partial charge in [-0.1, -0.05) is 56.2 Å². The van der Waals surface area contributed by atoms with Crippen LogP contribution in [0.25, 0.3) is 0 Å². The van der Waals surface area contributed by atoms with E-state index in [1.807, 2.05) is 16.9 Å². The Morgan fingerprint density at radius 3 is 2.83 bits per heavy atom. The third-order valence-electron chi connectivity index (χ3n) is 7.99. The quantitative estimate of drug-likeness (QED) is 0.180. The molecule has 3 aliphatic rings. The molecule has 0 radical (unpaired) electrons. The molecule has 3 unspecified atom stereocenters. The number of rotatable bonds is 10. The second-order valence-corrected chi connectivity index (χ2v) is 11.7. The Balaban J connectivity index is 1.53. The van der Waals surface area contributed by atoms with Crippen LogP contribution in [0.2, 0.25) is 0 Å². The number of aliphatic imine (C=N–C) groups is 1. The summed E-state index contributed by atoms with van der Waals surface area (Å²) >= 11 is 0. The van der Waals surface area contributed by atoms with Gasteiger partial charge in [-0.05, 0) is 87.0 Å². The molecule has 1 heterocycles. The highest BCUT2D eigenvalue weighted by Crippen LogP contribution is 2.34. The molecule has 3 N–H and O–H groups in total. The number of nitrogens with zero attached hydrogens (tertiary/aromatic N) is 2. The van der Waals surface area contributed by atoms with Crippen molar-refractivity contribution in [1.82, 2.24) is 0 Å². The molecule has 0 fully saturated rings. The van der Waals surface area contributed by atoms with E-state index < -0.39 is 5.91 Å². The molecule has 1 aliphatic heterocycles. The lowest BCUT2D eigenvalue weighted by Gasteiger charge is -2.22. The SMILES string of the molecule is C=[N+](Cc1cccc(NC(C)C2=CC(C(C)CCC)=C=C(C)CC(C)=C2)c1)C1=CCC=NC2=C(C(N)=O)C=CCC12. The van der Waals surface area contributed by atoms with Gasteiger partial charge in [-0.25, -0.2) is 4.58 Å². The number of carbonyl (C=O) groups is 1. The number of hydrogen-bond donors (Lipinski definition) is 2. The van der Waals surface area contributed by atoms with Crippen LogP contribution < -0.4 is 11.1 Å². The normalized spacial score (nSPS) is 20.2. The van der Waals surface area contributed by atoms with Crippen molar-refractivity contribution in [2.75, 3.05) is 5.32 Å². The van der Waals surface area contributed by atoms with Gasteiger partial charge in [0.25, 0.3) is 5.91 Å². The first-order valence-corrected chi connectivity index (χ1v) is 14.9. The second kappa shape index (κ2) is 13.6. The summed E-state index contributed by atoms with van der Waals surface area (Å²) in [5, 5.41) is 3.75. The zero-order chi connectivity index (χ0) is 29.5. The molecule has 1 aromatic rings. The standard InChI is InChI=1S/C36H44N4O/c1-7-11-26(4)29-19-24(2)18-25(3)20-30(22-29)27(5)39-31-13-8-12-28(21-31)23-40(6)34-16-10-17-38-35-32(34)14-9-15-33(35)36(37)41/h8-9,12-13,15-17,20-22,26-27,32,39H,6-7,10-11,14,18,23H2,1-5H3,(H-,37,41)/p+1. The number of amides is 1. The van der Waals surface area contributed by atoms with E-state index in [-0.39, 0.29) is 12.0 Å². The van der Waals surface area contributed by atoms with Gasteiger partial charge in [-0.2, -0.15) is 0 Å². The van der Waals surface area contributed by atoms with Crippen molar-refractivity contribution >= 4 is 24.5 Å². The average molecular weight is 550 g/mol. The fraction of sp³-hybridized carbons (Fsp3) is 0.389. The molecular formula is C36H45N4O+. The highest BCUT2D eigenvalue weighted by atomic mass is 16.1. The molecule has 0 bridgehead atoms. The Morgan fingerprint density at radius 1 is 1.27 bits per heavy atom. The summed E-state index contributed by atoms with van der Waals surface area (Å²) in [7, 11) is 0. The van der Waals surface area contributed by atoms with Crippen LogP contribution in [0.3, 0.4) is 0 Å². The summed E-state index contributed by atoms with van der Waals surface area (Å²) in [5.74, 6) is 0.00497. The van der Waals surface area contributed by atoms with Crippen LogP contribution in [0.5, 0.6) is 0 Å². The van der Waals surface area contributed by atoms with Crippen LogP contribution in [0.4, 0.5) is 5.69 Å². The molecule has 0 spiro atoms. The molecule has 5 nitrogen and oxygen atoms in total. The number of primary amides is 1. The minimum Gasteiger partial charge on any atom is -0.379 e. The molecule has 0 saturated carbocycles. The summed E-state index contributed by atoms with van der Waals surface area (Å²) in [6.45, 7) is 16.2. The first-order chi connectivity index (χ1) is 19.7. The van der Waals surface area contributed by atoms with Crippen LogP contribution >= 0.6 is 0 Å². The maximum atomic E-state index is 12.0. The van der Waals surface area contributed by atoms with Crippen molar-refractivity contribution in [2.45, 2.75) is 79.3 Å². The lowest BCUT2D eigenvalue weighted by molar-refractivity contribution is -0.491. The van der Waals surface area contributed by atoms with Gasteiger partial charge in [0.1, 0.15) is 6.72 Å². The van der Waals surface area contributed by atoms with Crippen molar-refractivity contribution in [1.29, 1.82) is 0 Å². The predicted molar refractivity (Wildman–Crippen MR) is 172 cm³/mol. The van der Waals surface area contributed by atoms with E-state index in [1.165, 1.54) is 28.7 Å². The molecule has 41 heavy (non-hydrogen) atoms. The number of allylic oxidation sites excluding steroid dienone is 5. The van der Waals surface area contributed by atoms with Crippen molar-refractivity contribution < 1.29 is 9.37 Å². The summed E-state index contributed by atoms with van der Waals surface area (Å²) in [4.78, 5) is 16.6. The minimum absolute atomic E-state index is 0.0311. The topological polar surface area (TPSA) is 70.5 Å². The van der Waals surface area contributed by atoms with E-state index in [0.717, 1.165) is 41.9 Å². The number of nitrogens with one attached hydrogen (secondary N) is 1. The van der Waals surface area contributed by atoms with E-state index in [2.05, 4.69) is 99.9 Å². The molecule has 2 aliphatic carbocycles. The van der Waals surface area contributed by atoms with Gasteiger partial charge in [-0.3, -0.25) is 9.79 Å². The third kappa shape index (κ3) is 7.62. The number of fused-ring (bicyclic) bond motifs is 1. The Hall–Kier alpha value is -3.95. The molecule has 3 atom stereocenters. The molecule has 4 rings (SSSR count). The first kappa shape index (κ1) is 30.0. The number of nitrogens with two attached hydrogens (primary N) is 1. The molecule has 214 valence electrons.